The van der Waals surface area contributed by atoms with E-state index in [2.05, 4.69) is 15.9 Å². The van der Waals surface area contributed by atoms with Crippen molar-refractivity contribution < 1.29 is 23.9 Å². The fraction of sp³-hybridized carbons (Fsp3) is 0.185. The lowest BCUT2D eigenvalue weighted by atomic mass is 9.77. The van der Waals surface area contributed by atoms with Gasteiger partial charge < -0.3 is 4.74 Å². The molecule has 2 saturated heterocycles. The van der Waals surface area contributed by atoms with Gasteiger partial charge in [0.2, 0.25) is 29.0 Å². The summed E-state index contributed by atoms with van der Waals surface area (Å²) in [6.45, 7) is 1.76. The van der Waals surface area contributed by atoms with Crippen molar-refractivity contribution in [1.29, 1.82) is 0 Å². The zero-order valence-electron chi connectivity index (χ0n) is 18.3. The second kappa shape index (κ2) is 7.68. The molecule has 3 atom stereocenters. The monoisotopic (exact) mass is 549 g/mol. The Kier molecular flexibility index (Phi) is 4.90. The molecule has 174 valence electrons. The lowest BCUT2D eigenvalue weighted by molar-refractivity contribution is -0.127. The van der Waals surface area contributed by atoms with Crippen molar-refractivity contribution in [2.45, 2.75) is 18.6 Å². The van der Waals surface area contributed by atoms with E-state index >= 15 is 0 Å². The van der Waals surface area contributed by atoms with E-state index < -0.39 is 46.9 Å². The molecule has 3 aliphatic rings. The van der Waals surface area contributed by atoms with Crippen LogP contribution < -0.4 is 4.90 Å². The molecule has 2 amide bonds. The van der Waals surface area contributed by atoms with E-state index in [4.69, 9.17) is 16.3 Å². The van der Waals surface area contributed by atoms with Gasteiger partial charge in [-0.3, -0.25) is 19.2 Å². The third-order valence-corrected chi connectivity index (χ3v) is 7.89. The first-order valence-electron chi connectivity index (χ1n) is 11.0. The molecule has 1 spiro atoms. The predicted octanol–water partition coefficient (Wildman–Crippen LogP) is 5.11. The second-order valence-electron chi connectivity index (χ2n) is 8.98. The van der Waals surface area contributed by atoms with Crippen LogP contribution in [0.5, 0.6) is 0 Å². The fourth-order valence-electron chi connectivity index (χ4n) is 5.53. The molecule has 35 heavy (non-hydrogen) atoms. The minimum Gasteiger partial charge on any atom is -0.349 e. The number of hydrogen-bond donors (Lipinski definition) is 0. The molecule has 0 bridgehead atoms. The molecule has 0 N–H and O–H groups in total. The zero-order valence-corrected chi connectivity index (χ0v) is 20.7. The minimum absolute atomic E-state index is 0.199. The summed E-state index contributed by atoms with van der Waals surface area (Å²) in [6, 6.07) is 18.4. The number of carbonyl (C=O) groups is 4. The van der Waals surface area contributed by atoms with Crippen molar-refractivity contribution in [2.75, 3.05) is 4.90 Å². The molecule has 2 fully saturated rings. The molecule has 0 saturated carbocycles. The Labute approximate surface area is 214 Å². The van der Waals surface area contributed by atoms with Gasteiger partial charge in [0, 0.05) is 20.6 Å². The number of anilines is 1. The van der Waals surface area contributed by atoms with Crippen molar-refractivity contribution >= 4 is 56.6 Å². The number of amides is 2. The third-order valence-electron chi connectivity index (χ3n) is 7.13. The SMILES string of the molecule is Cc1ccc(Cl)cc1N1C(=O)[C@H]2[C@@H](C1=O)C1(O[C@H]2c2ccc(Br)cc2)C(=O)c2ccccc2C1=O. The average Bonchev–Trinajstić information content (AvgIpc) is 3.41. The van der Waals surface area contributed by atoms with Crippen LogP contribution in [0, 0.1) is 18.8 Å². The first-order chi connectivity index (χ1) is 16.8. The number of carbonyl (C=O) groups excluding carboxylic acids is 4. The van der Waals surface area contributed by atoms with Crippen molar-refractivity contribution in [3.63, 3.8) is 0 Å². The summed E-state index contributed by atoms with van der Waals surface area (Å²) in [4.78, 5) is 56.4. The van der Waals surface area contributed by atoms with Crippen molar-refractivity contribution in [2.24, 2.45) is 11.8 Å². The van der Waals surface area contributed by atoms with Crippen LogP contribution in [0.1, 0.15) is 37.9 Å². The molecular formula is C27H17BrClNO5. The summed E-state index contributed by atoms with van der Waals surface area (Å²) in [6.07, 6.45) is -0.962. The number of rotatable bonds is 2. The number of aryl methyl sites for hydroxylation is 1. The number of nitrogens with zero attached hydrogens (tertiary/aromatic N) is 1. The molecule has 6 rings (SSSR count). The van der Waals surface area contributed by atoms with E-state index in [1.807, 2.05) is 0 Å². The summed E-state index contributed by atoms with van der Waals surface area (Å²) in [5.41, 5.74) is -0.0983. The summed E-state index contributed by atoms with van der Waals surface area (Å²) in [5.74, 6) is -4.68. The standard InChI is InChI=1S/C27H17BrClNO5/c1-13-6-11-16(29)12-19(13)30-25(33)20-21(26(30)34)27(35-22(20)14-7-9-15(28)10-8-14)23(31)17-4-2-3-5-18(17)24(27)32/h2-12,20-22H,1H3/t20-,21-,22-/m0/s1. The van der Waals surface area contributed by atoms with E-state index in [1.54, 1.807) is 73.7 Å². The maximum absolute atomic E-state index is 14.0. The van der Waals surface area contributed by atoms with Gasteiger partial charge in [0.15, 0.2) is 0 Å². The largest absolute Gasteiger partial charge is 0.349 e. The number of halogens is 2. The molecule has 0 aromatic heterocycles. The summed E-state index contributed by atoms with van der Waals surface area (Å²) >= 11 is 9.59. The Hall–Kier alpha value is -3.13. The maximum Gasteiger partial charge on any atom is 0.241 e. The Bertz CT molecular complexity index is 1430. The van der Waals surface area contributed by atoms with Crippen LogP contribution in [0.2, 0.25) is 5.02 Å². The molecule has 3 aromatic rings. The van der Waals surface area contributed by atoms with E-state index in [0.29, 0.717) is 21.8 Å². The van der Waals surface area contributed by atoms with Gasteiger partial charge in [-0.05, 0) is 42.3 Å². The molecule has 0 unspecified atom stereocenters. The van der Waals surface area contributed by atoms with Crippen molar-refractivity contribution in [3.05, 3.63) is 98.5 Å². The Morgan fingerprint density at radius 2 is 1.51 bits per heavy atom. The topological polar surface area (TPSA) is 80.8 Å². The van der Waals surface area contributed by atoms with Crippen molar-refractivity contribution in [3.8, 4) is 0 Å². The highest BCUT2D eigenvalue weighted by Gasteiger charge is 2.74. The number of ketones is 2. The number of imide groups is 1. The van der Waals surface area contributed by atoms with Crippen LogP contribution in [0.3, 0.4) is 0 Å². The summed E-state index contributed by atoms with van der Waals surface area (Å²) < 4.78 is 7.10. The molecule has 2 aliphatic heterocycles. The molecule has 6 nitrogen and oxygen atoms in total. The second-order valence-corrected chi connectivity index (χ2v) is 10.3. The smallest absolute Gasteiger partial charge is 0.241 e. The van der Waals surface area contributed by atoms with Crippen LogP contribution in [-0.4, -0.2) is 29.0 Å². The first-order valence-corrected chi connectivity index (χ1v) is 12.2. The zero-order chi connectivity index (χ0) is 24.6. The average molecular weight is 551 g/mol. The van der Waals surface area contributed by atoms with Crippen LogP contribution in [0.4, 0.5) is 5.69 Å². The van der Waals surface area contributed by atoms with Crippen LogP contribution in [-0.2, 0) is 14.3 Å². The molecule has 8 heteroatoms. The predicted molar refractivity (Wildman–Crippen MR) is 131 cm³/mol. The highest BCUT2D eigenvalue weighted by molar-refractivity contribution is 9.10. The summed E-state index contributed by atoms with van der Waals surface area (Å²) in [5, 5.41) is 0.360. The number of hydrogen-bond acceptors (Lipinski definition) is 5. The first kappa shape index (κ1) is 22.3. The molecule has 3 aromatic carbocycles. The van der Waals surface area contributed by atoms with Crippen molar-refractivity contribution in [1.82, 2.24) is 0 Å². The fourth-order valence-corrected chi connectivity index (χ4v) is 5.96. The lowest BCUT2D eigenvalue weighted by Crippen LogP contribution is -2.51. The number of fused-ring (bicyclic) bond motifs is 3. The minimum atomic E-state index is -2.10. The van der Waals surface area contributed by atoms with Gasteiger partial charge in [-0.1, -0.05) is 70.0 Å². The molecule has 2 heterocycles. The van der Waals surface area contributed by atoms with Gasteiger partial charge >= 0.3 is 0 Å². The van der Waals surface area contributed by atoms with Gasteiger partial charge in [-0.2, -0.15) is 0 Å². The Balaban J connectivity index is 1.56. The maximum atomic E-state index is 14.0. The highest BCUT2D eigenvalue weighted by atomic mass is 79.9. The van der Waals surface area contributed by atoms with E-state index in [0.717, 1.165) is 9.37 Å². The number of Topliss-reactive ketones (excluding diaryl/α,β-unsaturated/α-hetero) is 2. The molecular weight excluding hydrogens is 534 g/mol. The Morgan fingerprint density at radius 3 is 2.14 bits per heavy atom. The van der Waals surface area contributed by atoms with Crippen LogP contribution >= 0.6 is 27.5 Å². The normalized spacial score (nSPS) is 24.4. The van der Waals surface area contributed by atoms with E-state index in [-0.39, 0.29) is 11.1 Å². The quantitative estimate of drug-likeness (QED) is 0.327. The Morgan fingerprint density at radius 1 is 0.886 bits per heavy atom. The molecule has 0 radical (unpaired) electrons. The van der Waals surface area contributed by atoms with Gasteiger partial charge in [-0.25, -0.2) is 4.90 Å². The van der Waals surface area contributed by atoms with Gasteiger partial charge in [0.05, 0.1) is 23.6 Å². The van der Waals surface area contributed by atoms with Crippen LogP contribution in [0.15, 0.2) is 71.2 Å². The third kappa shape index (κ3) is 2.92. The van der Waals surface area contributed by atoms with Gasteiger partial charge in [0.25, 0.3) is 0 Å². The van der Waals surface area contributed by atoms with Gasteiger partial charge in [-0.15, -0.1) is 0 Å². The lowest BCUT2D eigenvalue weighted by Gasteiger charge is -2.27. The van der Waals surface area contributed by atoms with E-state index in [9.17, 15) is 19.2 Å². The van der Waals surface area contributed by atoms with Crippen LogP contribution in [0.25, 0.3) is 0 Å². The highest BCUT2D eigenvalue weighted by Crippen LogP contribution is 2.58. The van der Waals surface area contributed by atoms with Gasteiger partial charge in [0.1, 0.15) is 0 Å². The number of benzene rings is 3. The molecule has 1 aliphatic carbocycles. The van der Waals surface area contributed by atoms with E-state index in [1.165, 1.54) is 0 Å². The summed E-state index contributed by atoms with van der Waals surface area (Å²) in [7, 11) is 0. The number of ether oxygens (including phenoxy) is 1.